The molecule has 1 saturated heterocycles. The van der Waals surface area contributed by atoms with Crippen molar-refractivity contribution >= 4 is 11.9 Å². The Bertz CT molecular complexity index is 906. The van der Waals surface area contributed by atoms with E-state index in [1.807, 2.05) is 0 Å². The van der Waals surface area contributed by atoms with Crippen molar-refractivity contribution in [2.24, 2.45) is 5.41 Å². The molecule has 6 nitrogen and oxygen atoms in total. The number of hydrogen-bond acceptors (Lipinski definition) is 3. The van der Waals surface area contributed by atoms with Crippen molar-refractivity contribution in [2.45, 2.75) is 39.0 Å². The predicted molar refractivity (Wildman–Crippen MR) is 96.4 cm³/mol. The number of carbonyl (C=O) groups excluding carboxylic acids is 1. The maximum Gasteiger partial charge on any atom is 0.311 e. The number of benzene rings is 1. The van der Waals surface area contributed by atoms with Gasteiger partial charge in [0.15, 0.2) is 5.69 Å². The van der Waals surface area contributed by atoms with Crippen LogP contribution >= 0.6 is 0 Å². The van der Waals surface area contributed by atoms with Gasteiger partial charge in [-0.3, -0.25) is 9.59 Å². The summed E-state index contributed by atoms with van der Waals surface area (Å²) in [7, 11) is 0. The summed E-state index contributed by atoms with van der Waals surface area (Å²) >= 11 is 0. The van der Waals surface area contributed by atoms with Gasteiger partial charge in [-0.25, -0.2) is 9.07 Å². The van der Waals surface area contributed by atoms with E-state index >= 15 is 0 Å². The van der Waals surface area contributed by atoms with Crippen LogP contribution in [0.2, 0.25) is 0 Å². The smallest absolute Gasteiger partial charge is 0.311 e. The average Bonchev–Trinajstić information content (AvgIpc) is 3.24. The standard InChI is InChI=1S/C20H22FN3O3/c1-20(19(26)27)10-3-11-23(12-20)18(25)17-15-4-2-5-16(15)24(22-17)14-8-6-13(21)7-9-14/h6-9H,2-5,10-12H2,1H3,(H,26,27). The number of amides is 1. The molecular formula is C20H22FN3O3. The highest BCUT2D eigenvalue weighted by molar-refractivity contribution is 5.95. The molecule has 1 N–H and O–H groups in total. The molecule has 0 radical (unpaired) electrons. The fourth-order valence-corrected chi connectivity index (χ4v) is 4.14. The zero-order valence-electron chi connectivity index (χ0n) is 15.2. The highest BCUT2D eigenvalue weighted by atomic mass is 19.1. The molecule has 1 aromatic carbocycles. The van der Waals surface area contributed by atoms with Gasteiger partial charge in [-0.05, 0) is 63.3 Å². The molecule has 0 spiro atoms. The number of fused-ring (bicyclic) bond motifs is 1. The summed E-state index contributed by atoms with van der Waals surface area (Å²) in [5, 5.41) is 14.1. The van der Waals surface area contributed by atoms with E-state index in [0.717, 1.165) is 36.2 Å². The summed E-state index contributed by atoms with van der Waals surface area (Å²) in [5.74, 6) is -1.40. The fraction of sp³-hybridized carbons (Fsp3) is 0.450. The number of carbonyl (C=O) groups is 2. The highest BCUT2D eigenvalue weighted by Gasteiger charge is 2.41. The number of rotatable bonds is 3. The van der Waals surface area contributed by atoms with Gasteiger partial charge in [0, 0.05) is 24.3 Å². The summed E-state index contributed by atoms with van der Waals surface area (Å²) in [6, 6.07) is 6.06. The van der Waals surface area contributed by atoms with Crippen molar-refractivity contribution in [3.63, 3.8) is 0 Å². The zero-order valence-corrected chi connectivity index (χ0v) is 15.2. The molecule has 2 aromatic rings. The van der Waals surface area contributed by atoms with Crippen LogP contribution in [0, 0.1) is 11.2 Å². The molecule has 1 aliphatic carbocycles. The molecule has 1 aromatic heterocycles. The second-order valence-corrected chi connectivity index (χ2v) is 7.71. The predicted octanol–water partition coefficient (Wildman–Crippen LogP) is 2.83. The lowest BCUT2D eigenvalue weighted by molar-refractivity contribution is -0.150. The van der Waals surface area contributed by atoms with Crippen molar-refractivity contribution in [3.05, 3.63) is 47.0 Å². The molecule has 1 atom stereocenters. The number of aliphatic carboxylic acids is 1. The second-order valence-electron chi connectivity index (χ2n) is 7.71. The minimum atomic E-state index is -0.920. The molecule has 142 valence electrons. The first-order valence-corrected chi connectivity index (χ1v) is 9.28. The van der Waals surface area contributed by atoms with Crippen LogP contribution in [0.4, 0.5) is 4.39 Å². The summed E-state index contributed by atoms with van der Waals surface area (Å²) in [6.07, 6.45) is 3.77. The van der Waals surface area contributed by atoms with Crippen LogP contribution in [0.3, 0.4) is 0 Å². The lowest BCUT2D eigenvalue weighted by atomic mass is 9.82. The number of carboxylic acids is 1. The Morgan fingerprint density at radius 3 is 2.63 bits per heavy atom. The molecule has 1 aliphatic heterocycles. The van der Waals surface area contributed by atoms with E-state index in [-0.39, 0.29) is 18.3 Å². The number of nitrogens with zero attached hydrogens (tertiary/aromatic N) is 3. The van der Waals surface area contributed by atoms with E-state index in [1.165, 1.54) is 12.1 Å². The largest absolute Gasteiger partial charge is 0.481 e. The fourth-order valence-electron chi connectivity index (χ4n) is 4.14. The Morgan fingerprint density at radius 2 is 1.93 bits per heavy atom. The summed E-state index contributed by atoms with van der Waals surface area (Å²) in [4.78, 5) is 26.4. The van der Waals surface area contributed by atoms with E-state index in [2.05, 4.69) is 5.10 Å². The Hall–Kier alpha value is -2.70. The Kier molecular flexibility index (Phi) is 4.25. The van der Waals surface area contributed by atoms with Crippen molar-refractivity contribution in [1.29, 1.82) is 0 Å². The zero-order chi connectivity index (χ0) is 19.2. The van der Waals surface area contributed by atoms with Crippen molar-refractivity contribution < 1.29 is 19.1 Å². The normalized spacial score (nSPS) is 21.9. The van der Waals surface area contributed by atoms with Gasteiger partial charge in [-0.2, -0.15) is 5.10 Å². The number of piperidine rings is 1. The van der Waals surface area contributed by atoms with E-state index in [1.54, 1.807) is 28.6 Å². The molecule has 1 amide bonds. The number of halogens is 1. The number of hydrogen-bond donors (Lipinski definition) is 1. The Labute approximate surface area is 156 Å². The SMILES string of the molecule is CC1(C(=O)O)CCCN(C(=O)c2nn(-c3ccc(F)cc3)c3c2CCC3)C1. The number of likely N-dealkylation sites (tertiary alicyclic amines) is 1. The van der Waals surface area contributed by atoms with Crippen LogP contribution in [-0.2, 0) is 17.6 Å². The molecule has 1 unspecified atom stereocenters. The molecular weight excluding hydrogens is 349 g/mol. The molecule has 2 aliphatic rings. The van der Waals surface area contributed by atoms with Gasteiger partial charge in [0.05, 0.1) is 11.1 Å². The van der Waals surface area contributed by atoms with Crippen molar-refractivity contribution in [1.82, 2.24) is 14.7 Å². The second kappa shape index (κ2) is 6.48. The Morgan fingerprint density at radius 1 is 1.19 bits per heavy atom. The van der Waals surface area contributed by atoms with Gasteiger partial charge in [0.25, 0.3) is 5.91 Å². The third-order valence-corrected chi connectivity index (χ3v) is 5.70. The van der Waals surface area contributed by atoms with Crippen LogP contribution < -0.4 is 0 Å². The lowest BCUT2D eigenvalue weighted by Crippen LogP contribution is -2.48. The van der Waals surface area contributed by atoms with Gasteiger partial charge in [0.2, 0.25) is 0 Å². The Balaban J connectivity index is 1.68. The first kappa shape index (κ1) is 17.7. The maximum atomic E-state index is 13.3. The average molecular weight is 371 g/mol. The molecule has 0 bridgehead atoms. The monoisotopic (exact) mass is 371 g/mol. The first-order valence-electron chi connectivity index (χ1n) is 9.28. The molecule has 1 fully saturated rings. The quantitative estimate of drug-likeness (QED) is 0.900. The minimum absolute atomic E-state index is 0.194. The van der Waals surface area contributed by atoms with Gasteiger partial charge in [-0.1, -0.05) is 0 Å². The van der Waals surface area contributed by atoms with E-state index in [0.29, 0.717) is 25.1 Å². The third kappa shape index (κ3) is 3.01. The van der Waals surface area contributed by atoms with Crippen LogP contribution in [-0.4, -0.2) is 44.8 Å². The lowest BCUT2D eigenvalue weighted by Gasteiger charge is -2.37. The van der Waals surface area contributed by atoms with Gasteiger partial charge in [-0.15, -0.1) is 0 Å². The molecule has 7 heteroatoms. The molecule has 0 saturated carbocycles. The van der Waals surface area contributed by atoms with Crippen LogP contribution in [0.25, 0.3) is 5.69 Å². The number of aromatic nitrogens is 2. The van der Waals surface area contributed by atoms with Crippen molar-refractivity contribution in [3.8, 4) is 5.69 Å². The number of carboxylic acid groups (broad SMARTS) is 1. The van der Waals surface area contributed by atoms with E-state index in [9.17, 15) is 19.1 Å². The highest BCUT2D eigenvalue weighted by Crippen LogP contribution is 2.33. The van der Waals surface area contributed by atoms with Gasteiger partial charge >= 0.3 is 5.97 Å². The molecule has 4 rings (SSSR count). The van der Waals surface area contributed by atoms with E-state index in [4.69, 9.17) is 0 Å². The summed E-state index contributed by atoms with van der Waals surface area (Å²) in [6.45, 7) is 2.43. The van der Waals surface area contributed by atoms with Crippen molar-refractivity contribution in [2.75, 3.05) is 13.1 Å². The topological polar surface area (TPSA) is 75.4 Å². The summed E-state index contributed by atoms with van der Waals surface area (Å²) < 4.78 is 15.0. The summed E-state index contributed by atoms with van der Waals surface area (Å²) in [5.41, 5.74) is 2.13. The van der Waals surface area contributed by atoms with Crippen LogP contribution in [0.15, 0.2) is 24.3 Å². The molecule has 2 heterocycles. The third-order valence-electron chi connectivity index (χ3n) is 5.70. The minimum Gasteiger partial charge on any atom is -0.481 e. The van der Waals surface area contributed by atoms with Crippen LogP contribution in [0.5, 0.6) is 0 Å². The first-order chi connectivity index (χ1) is 12.9. The van der Waals surface area contributed by atoms with Gasteiger partial charge < -0.3 is 10.0 Å². The van der Waals surface area contributed by atoms with Crippen LogP contribution in [0.1, 0.15) is 47.9 Å². The molecule has 27 heavy (non-hydrogen) atoms. The van der Waals surface area contributed by atoms with Gasteiger partial charge in [0.1, 0.15) is 5.82 Å². The maximum absolute atomic E-state index is 13.3. The van der Waals surface area contributed by atoms with E-state index < -0.39 is 11.4 Å².